The van der Waals surface area contributed by atoms with Crippen molar-refractivity contribution in [1.82, 2.24) is 9.78 Å². The smallest absolute Gasteiger partial charge is 0.295 e. The molecule has 2 heterocycles. The predicted octanol–water partition coefficient (Wildman–Crippen LogP) is 5.10. The van der Waals surface area contributed by atoms with Crippen LogP contribution in [0.3, 0.4) is 0 Å². The monoisotopic (exact) mass is 513 g/mol. The molecule has 5 rings (SSSR count). The molecule has 2 aliphatic rings. The van der Waals surface area contributed by atoms with Gasteiger partial charge in [-0.2, -0.15) is 13.2 Å². The van der Waals surface area contributed by atoms with Crippen molar-refractivity contribution < 1.29 is 27.2 Å². The standard InChI is InChI=1S/C27H23F4N3O3/c1-15-21(23(36)34(32-15)18-7-5-4-6-8-18)26(27(29,30)31)22-19(13-25(2,3)14-20(22)35)33(24(26)37)17-11-9-16(28)10-12-17/h4-12,32H,13-14H2,1-3H3/t26-/m0/s1. The fraction of sp³-hybridized carbons (Fsp3) is 0.296. The summed E-state index contributed by atoms with van der Waals surface area (Å²) in [4.78, 5) is 42.1. The topological polar surface area (TPSA) is 75.2 Å². The van der Waals surface area contributed by atoms with Crippen molar-refractivity contribution in [1.29, 1.82) is 0 Å². The first kappa shape index (κ1) is 24.7. The van der Waals surface area contributed by atoms with E-state index < -0.39 is 51.2 Å². The molecule has 0 saturated heterocycles. The third kappa shape index (κ3) is 3.49. The normalized spacial score (nSPS) is 21.5. The Labute approximate surface area is 209 Å². The fourth-order valence-corrected chi connectivity index (χ4v) is 5.55. The average molecular weight is 513 g/mol. The molecule has 37 heavy (non-hydrogen) atoms. The fourth-order valence-electron chi connectivity index (χ4n) is 5.55. The van der Waals surface area contributed by atoms with E-state index in [-0.39, 0.29) is 35.6 Å². The Morgan fingerprint density at radius 3 is 2.11 bits per heavy atom. The molecule has 1 aromatic heterocycles. The summed E-state index contributed by atoms with van der Waals surface area (Å²) in [6.45, 7) is 4.72. The van der Waals surface area contributed by atoms with Crippen LogP contribution in [0.15, 0.2) is 70.7 Å². The SMILES string of the molecule is Cc1[nH]n(-c2ccccc2)c(=O)c1[C@@]1(C(F)(F)F)C(=O)N(c2ccc(F)cc2)C2=C1C(=O)CC(C)(C)C2. The van der Waals surface area contributed by atoms with Crippen LogP contribution in [0.5, 0.6) is 0 Å². The van der Waals surface area contributed by atoms with Gasteiger partial charge >= 0.3 is 6.18 Å². The Kier molecular flexibility index (Phi) is 5.36. The Morgan fingerprint density at radius 1 is 0.892 bits per heavy atom. The second-order valence-electron chi connectivity index (χ2n) is 10.2. The van der Waals surface area contributed by atoms with Crippen molar-refractivity contribution in [3.63, 3.8) is 0 Å². The second-order valence-corrected chi connectivity index (χ2v) is 10.2. The molecule has 1 N–H and O–H groups in total. The van der Waals surface area contributed by atoms with Crippen molar-refractivity contribution >= 4 is 17.4 Å². The number of nitrogens with zero attached hydrogens (tertiary/aromatic N) is 2. The van der Waals surface area contributed by atoms with E-state index >= 15 is 13.2 Å². The van der Waals surface area contributed by atoms with Gasteiger partial charge in [-0.25, -0.2) is 9.07 Å². The maximum absolute atomic E-state index is 15.4. The lowest BCUT2D eigenvalue weighted by Crippen LogP contribution is -2.55. The largest absolute Gasteiger partial charge is 0.411 e. The molecule has 1 atom stereocenters. The summed E-state index contributed by atoms with van der Waals surface area (Å²) in [6, 6.07) is 12.4. The van der Waals surface area contributed by atoms with Crippen LogP contribution in [0.4, 0.5) is 23.2 Å². The van der Waals surface area contributed by atoms with E-state index in [0.29, 0.717) is 0 Å². The number of anilines is 1. The van der Waals surface area contributed by atoms with Crippen molar-refractivity contribution in [3.05, 3.63) is 93.3 Å². The zero-order valence-corrected chi connectivity index (χ0v) is 20.2. The number of rotatable bonds is 3. The summed E-state index contributed by atoms with van der Waals surface area (Å²) in [7, 11) is 0. The van der Waals surface area contributed by atoms with Crippen LogP contribution in [0.25, 0.3) is 5.69 Å². The number of allylic oxidation sites excluding steroid dienone is 1. The lowest BCUT2D eigenvalue weighted by Gasteiger charge is -2.35. The van der Waals surface area contributed by atoms with Crippen molar-refractivity contribution in [2.24, 2.45) is 5.41 Å². The number of amides is 1. The van der Waals surface area contributed by atoms with Crippen LogP contribution < -0.4 is 10.5 Å². The molecule has 1 aliphatic carbocycles. The zero-order chi connectivity index (χ0) is 26.9. The van der Waals surface area contributed by atoms with Crippen molar-refractivity contribution in [2.45, 2.75) is 45.2 Å². The van der Waals surface area contributed by atoms with Crippen LogP contribution in [0.2, 0.25) is 0 Å². The van der Waals surface area contributed by atoms with E-state index in [1.54, 1.807) is 32.0 Å². The Balaban J connectivity index is 1.87. The molecule has 3 aromatic rings. The number of carbonyl (C=O) groups is 2. The summed E-state index contributed by atoms with van der Waals surface area (Å²) >= 11 is 0. The highest BCUT2D eigenvalue weighted by molar-refractivity contribution is 6.20. The number of ketones is 1. The van der Waals surface area contributed by atoms with Crippen molar-refractivity contribution in [2.75, 3.05) is 4.90 Å². The van der Waals surface area contributed by atoms with Crippen LogP contribution in [0.1, 0.15) is 37.9 Å². The molecule has 0 bridgehead atoms. The van der Waals surface area contributed by atoms with Crippen LogP contribution in [-0.4, -0.2) is 27.6 Å². The molecular weight excluding hydrogens is 490 g/mol. The molecule has 0 radical (unpaired) electrons. The number of alkyl halides is 3. The predicted molar refractivity (Wildman–Crippen MR) is 128 cm³/mol. The molecule has 1 aliphatic heterocycles. The summed E-state index contributed by atoms with van der Waals surface area (Å²) in [5, 5.41) is 2.66. The van der Waals surface area contributed by atoms with E-state index in [1.165, 1.54) is 31.2 Å². The maximum atomic E-state index is 15.4. The molecule has 0 fully saturated rings. The minimum absolute atomic E-state index is 0.0212. The van der Waals surface area contributed by atoms with Gasteiger partial charge in [-0.05, 0) is 55.2 Å². The third-order valence-electron chi connectivity index (χ3n) is 6.99. The van der Waals surface area contributed by atoms with E-state index in [2.05, 4.69) is 5.10 Å². The highest BCUT2D eigenvalue weighted by atomic mass is 19.4. The van der Waals surface area contributed by atoms with Crippen LogP contribution >= 0.6 is 0 Å². The molecular formula is C27H23F4N3O3. The number of aromatic amines is 1. The van der Waals surface area contributed by atoms with Crippen LogP contribution in [0, 0.1) is 18.2 Å². The number of benzene rings is 2. The van der Waals surface area contributed by atoms with E-state index in [4.69, 9.17) is 0 Å². The average Bonchev–Trinajstić information content (AvgIpc) is 3.24. The first-order chi connectivity index (χ1) is 17.3. The van der Waals surface area contributed by atoms with E-state index in [9.17, 15) is 18.8 Å². The number of hydrogen-bond donors (Lipinski definition) is 1. The number of H-pyrrole nitrogens is 1. The van der Waals surface area contributed by atoms with Gasteiger partial charge in [0.2, 0.25) is 5.41 Å². The number of carbonyl (C=O) groups excluding carboxylic acids is 2. The molecule has 1 amide bonds. The highest BCUT2D eigenvalue weighted by Crippen LogP contribution is 2.58. The number of para-hydroxylation sites is 1. The first-order valence-corrected chi connectivity index (χ1v) is 11.6. The van der Waals surface area contributed by atoms with Gasteiger partial charge in [-0.15, -0.1) is 0 Å². The van der Waals surface area contributed by atoms with Gasteiger partial charge in [0.25, 0.3) is 11.5 Å². The minimum Gasteiger partial charge on any atom is -0.295 e. The highest BCUT2D eigenvalue weighted by Gasteiger charge is 2.73. The molecule has 10 heteroatoms. The first-order valence-electron chi connectivity index (χ1n) is 11.6. The van der Waals surface area contributed by atoms with E-state index in [0.717, 1.165) is 21.7 Å². The number of nitrogens with one attached hydrogen (secondary N) is 1. The summed E-state index contributed by atoms with van der Waals surface area (Å²) in [5.74, 6) is -2.98. The van der Waals surface area contributed by atoms with Gasteiger partial charge in [0, 0.05) is 29.1 Å². The van der Waals surface area contributed by atoms with Gasteiger partial charge in [-0.3, -0.25) is 24.4 Å². The Bertz CT molecular complexity index is 1510. The molecule has 192 valence electrons. The zero-order valence-electron chi connectivity index (χ0n) is 20.2. The van der Waals surface area contributed by atoms with Gasteiger partial charge in [0.1, 0.15) is 5.82 Å². The number of aryl methyl sites for hydroxylation is 1. The molecule has 0 unspecified atom stereocenters. The van der Waals surface area contributed by atoms with Crippen LogP contribution in [-0.2, 0) is 15.0 Å². The minimum atomic E-state index is -5.34. The molecule has 0 saturated carbocycles. The molecule has 2 aromatic carbocycles. The second kappa shape index (κ2) is 8.03. The van der Waals surface area contributed by atoms with Gasteiger partial charge in [0.05, 0.1) is 11.3 Å². The summed E-state index contributed by atoms with van der Waals surface area (Å²) in [6.07, 6.45) is -5.59. The van der Waals surface area contributed by atoms with Crippen molar-refractivity contribution in [3.8, 4) is 5.69 Å². The number of hydrogen-bond acceptors (Lipinski definition) is 3. The molecule has 0 spiro atoms. The van der Waals surface area contributed by atoms with E-state index in [1.807, 2.05) is 0 Å². The number of halogens is 4. The van der Waals surface area contributed by atoms with Gasteiger partial charge in [0.15, 0.2) is 5.78 Å². The van der Waals surface area contributed by atoms with Gasteiger partial charge in [-0.1, -0.05) is 32.0 Å². The number of aromatic nitrogens is 2. The summed E-state index contributed by atoms with van der Waals surface area (Å²) in [5.41, 5.74) is -7.01. The lowest BCUT2D eigenvalue weighted by molar-refractivity contribution is -0.184. The third-order valence-corrected chi connectivity index (χ3v) is 6.99. The Morgan fingerprint density at radius 2 is 1.51 bits per heavy atom. The molecule has 6 nitrogen and oxygen atoms in total. The van der Waals surface area contributed by atoms with Gasteiger partial charge < -0.3 is 0 Å². The Hall–Kier alpha value is -3.95. The number of Topliss-reactive ketones (excluding diaryl/α,β-unsaturated/α-hetero) is 1. The quantitative estimate of drug-likeness (QED) is 0.495. The summed E-state index contributed by atoms with van der Waals surface area (Å²) < 4.78 is 60.7. The maximum Gasteiger partial charge on any atom is 0.411 e. The lowest BCUT2D eigenvalue weighted by atomic mass is 9.66.